The van der Waals surface area contributed by atoms with Crippen molar-refractivity contribution in [3.8, 4) is 0 Å². The molecule has 0 aliphatic rings. The van der Waals surface area contributed by atoms with Gasteiger partial charge in [0.25, 0.3) is 0 Å². The number of hydrogen-bond donors (Lipinski definition) is 0. The molecule has 0 aliphatic carbocycles. The van der Waals surface area contributed by atoms with Crippen LogP contribution in [0, 0.1) is 6.92 Å². The molecule has 0 fully saturated rings. The third-order valence-electron chi connectivity index (χ3n) is 1.33. The van der Waals surface area contributed by atoms with Crippen LogP contribution < -0.4 is 0 Å². The molecule has 2 nitrogen and oxygen atoms in total. The van der Waals surface area contributed by atoms with Gasteiger partial charge < -0.3 is 0 Å². The molecule has 0 N–H and O–H groups in total. The van der Waals surface area contributed by atoms with Crippen molar-refractivity contribution in [3.05, 3.63) is 10.6 Å². The Morgan fingerprint density at radius 3 is 2.10 bits per heavy atom. The summed E-state index contributed by atoms with van der Waals surface area (Å²) in [5, 5.41) is 3.95. The van der Waals surface area contributed by atoms with Gasteiger partial charge in [-0.15, -0.1) is 5.10 Å². The average Bonchev–Trinajstić information content (AvgIpc) is 2.11. The molecule has 0 amide bonds. The topological polar surface area (TPSA) is 25.8 Å². The highest BCUT2D eigenvalue weighted by molar-refractivity contribution is 7.05. The fourth-order valence-electron chi connectivity index (χ4n) is 0.914. The van der Waals surface area contributed by atoms with Gasteiger partial charge in [-0.2, -0.15) is 0 Å². The Morgan fingerprint density at radius 2 is 1.90 bits per heavy atom. The second-order valence-electron chi connectivity index (χ2n) is 3.44. The summed E-state index contributed by atoms with van der Waals surface area (Å²) >= 11 is 1.50. The molecule has 0 saturated carbocycles. The Hall–Kier alpha value is -0.440. The zero-order valence-corrected chi connectivity index (χ0v) is 7.62. The summed E-state index contributed by atoms with van der Waals surface area (Å²) in [4.78, 5) is 1.28. The molecule has 0 radical (unpaired) electrons. The van der Waals surface area contributed by atoms with E-state index in [1.807, 2.05) is 6.92 Å². The van der Waals surface area contributed by atoms with Gasteiger partial charge in [0.1, 0.15) is 0 Å². The molecular formula is C7H12N2S. The Bertz CT molecular complexity index is 222. The molecular weight excluding hydrogens is 144 g/mol. The summed E-state index contributed by atoms with van der Waals surface area (Å²) in [6.07, 6.45) is 0. The van der Waals surface area contributed by atoms with Crippen LogP contribution in [-0.2, 0) is 5.41 Å². The maximum Gasteiger partial charge on any atom is 0.0762 e. The Balaban J connectivity index is 3.05. The zero-order valence-electron chi connectivity index (χ0n) is 6.80. The van der Waals surface area contributed by atoms with Crippen molar-refractivity contribution in [2.45, 2.75) is 33.1 Å². The second-order valence-corrected chi connectivity index (χ2v) is 4.19. The van der Waals surface area contributed by atoms with Gasteiger partial charge in [0, 0.05) is 0 Å². The van der Waals surface area contributed by atoms with E-state index in [-0.39, 0.29) is 5.41 Å². The van der Waals surface area contributed by atoms with E-state index in [0.717, 1.165) is 5.69 Å². The van der Waals surface area contributed by atoms with E-state index in [2.05, 4.69) is 30.4 Å². The molecule has 0 unspecified atom stereocenters. The fourth-order valence-corrected chi connectivity index (χ4v) is 1.61. The lowest BCUT2D eigenvalue weighted by atomic mass is 9.94. The van der Waals surface area contributed by atoms with Crippen molar-refractivity contribution in [2.75, 3.05) is 0 Å². The van der Waals surface area contributed by atoms with Crippen molar-refractivity contribution in [2.24, 2.45) is 0 Å². The van der Waals surface area contributed by atoms with E-state index >= 15 is 0 Å². The van der Waals surface area contributed by atoms with E-state index in [1.165, 1.54) is 16.4 Å². The van der Waals surface area contributed by atoms with Gasteiger partial charge in [-0.25, -0.2) is 0 Å². The van der Waals surface area contributed by atoms with E-state index in [4.69, 9.17) is 0 Å². The van der Waals surface area contributed by atoms with Crippen LogP contribution in [0.15, 0.2) is 0 Å². The quantitative estimate of drug-likeness (QED) is 0.575. The van der Waals surface area contributed by atoms with Gasteiger partial charge in [-0.05, 0) is 23.9 Å². The predicted octanol–water partition coefficient (Wildman–Crippen LogP) is 2.14. The van der Waals surface area contributed by atoms with Crippen LogP contribution in [0.25, 0.3) is 0 Å². The second kappa shape index (κ2) is 2.31. The summed E-state index contributed by atoms with van der Waals surface area (Å²) in [5.41, 5.74) is 1.27. The Morgan fingerprint density at radius 1 is 1.30 bits per heavy atom. The number of aromatic nitrogens is 2. The predicted molar refractivity (Wildman–Crippen MR) is 43.3 cm³/mol. The molecule has 0 saturated heterocycles. The molecule has 3 heteroatoms. The number of rotatable bonds is 0. The van der Waals surface area contributed by atoms with Gasteiger partial charge in [0.15, 0.2) is 0 Å². The van der Waals surface area contributed by atoms with Crippen LogP contribution in [0.5, 0.6) is 0 Å². The molecule has 0 atom stereocenters. The maximum absolute atomic E-state index is 3.95. The van der Waals surface area contributed by atoms with Crippen molar-refractivity contribution < 1.29 is 0 Å². The largest absolute Gasteiger partial charge is 0.143 e. The van der Waals surface area contributed by atoms with E-state index in [0.29, 0.717) is 0 Å². The minimum Gasteiger partial charge on any atom is -0.143 e. The molecule has 0 aromatic carbocycles. The van der Waals surface area contributed by atoms with E-state index in [9.17, 15) is 0 Å². The van der Waals surface area contributed by atoms with Gasteiger partial charge in [-0.3, -0.25) is 0 Å². The highest BCUT2D eigenvalue weighted by atomic mass is 32.1. The normalized spacial score (nSPS) is 12.0. The first-order chi connectivity index (χ1) is 4.52. The van der Waals surface area contributed by atoms with Gasteiger partial charge in [0.05, 0.1) is 10.6 Å². The van der Waals surface area contributed by atoms with Crippen LogP contribution in [0.4, 0.5) is 0 Å². The molecule has 1 heterocycles. The maximum atomic E-state index is 3.95. The lowest BCUT2D eigenvalue weighted by Crippen LogP contribution is -2.10. The zero-order chi connectivity index (χ0) is 7.78. The molecule has 0 spiro atoms. The van der Waals surface area contributed by atoms with Crippen molar-refractivity contribution in [1.82, 2.24) is 9.59 Å². The summed E-state index contributed by atoms with van der Waals surface area (Å²) in [6, 6.07) is 0. The molecule has 1 aromatic rings. The lowest BCUT2D eigenvalue weighted by molar-refractivity contribution is 0.598. The van der Waals surface area contributed by atoms with E-state index in [1.54, 1.807) is 0 Å². The summed E-state index contributed by atoms with van der Waals surface area (Å²) < 4.78 is 3.88. The number of aryl methyl sites for hydroxylation is 1. The van der Waals surface area contributed by atoms with Gasteiger partial charge in [-0.1, -0.05) is 25.3 Å². The molecule has 10 heavy (non-hydrogen) atoms. The van der Waals surface area contributed by atoms with Crippen LogP contribution in [0.2, 0.25) is 0 Å². The van der Waals surface area contributed by atoms with Crippen LogP contribution in [0.3, 0.4) is 0 Å². The summed E-state index contributed by atoms with van der Waals surface area (Å²) in [5.74, 6) is 0. The molecule has 56 valence electrons. The average molecular weight is 156 g/mol. The highest BCUT2D eigenvalue weighted by Crippen LogP contribution is 2.26. The Labute approximate surface area is 65.4 Å². The highest BCUT2D eigenvalue weighted by Gasteiger charge is 2.18. The third kappa shape index (κ3) is 1.34. The molecule has 0 aliphatic heterocycles. The van der Waals surface area contributed by atoms with Crippen LogP contribution >= 0.6 is 11.5 Å². The summed E-state index contributed by atoms with van der Waals surface area (Å²) in [7, 11) is 0. The summed E-state index contributed by atoms with van der Waals surface area (Å²) in [6.45, 7) is 8.53. The molecule has 1 rings (SSSR count). The minimum absolute atomic E-state index is 0.207. The van der Waals surface area contributed by atoms with E-state index < -0.39 is 0 Å². The van der Waals surface area contributed by atoms with Crippen molar-refractivity contribution in [1.29, 1.82) is 0 Å². The number of hydrogen-bond acceptors (Lipinski definition) is 3. The van der Waals surface area contributed by atoms with Crippen LogP contribution in [-0.4, -0.2) is 9.59 Å². The fraction of sp³-hybridized carbons (Fsp3) is 0.714. The third-order valence-corrected chi connectivity index (χ3v) is 2.59. The first kappa shape index (κ1) is 7.66. The first-order valence-electron chi connectivity index (χ1n) is 3.31. The smallest absolute Gasteiger partial charge is 0.0762 e. The molecule has 1 aromatic heterocycles. The van der Waals surface area contributed by atoms with Gasteiger partial charge in [0.2, 0.25) is 0 Å². The number of nitrogens with zero attached hydrogens (tertiary/aromatic N) is 2. The van der Waals surface area contributed by atoms with Crippen LogP contribution in [0.1, 0.15) is 31.3 Å². The standard InChI is InChI=1S/C7H12N2S/c1-5-6(7(2,3)4)10-9-8-5/h1-4H3. The molecule has 0 bridgehead atoms. The minimum atomic E-state index is 0.207. The Kier molecular flexibility index (Phi) is 1.77. The monoisotopic (exact) mass is 156 g/mol. The van der Waals surface area contributed by atoms with Crippen molar-refractivity contribution >= 4 is 11.5 Å². The lowest BCUT2D eigenvalue weighted by Gasteiger charge is -2.14. The first-order valence-corrected chi connectivity index (χ1v) is 4.08. The van der Waals surface area contributed by atoms with Crippen molar-refractivity contribution in [3.63, 3.8) is 0 Å². The van der Waals surface area contributed by atoms with Gasteiger partial charge >= 0.3 is 0 Å². The SMILES string of the molecule is Cc1nnsc1C(C)(C)C.